The maximum Gasteiger partial charge on any atom is 0.435 e. The van der Waals surface area contributed by atoms with Crippen molar-refractivity contribution >= 4 is 0 Å². The van der Waals surface area contributed by atoms with Crippen molar-refractivity contribution in [2.75, 3.05) is 7.05 Å². The molecule has 102 valence electrons. The lowest BCUT2D eigenvalue weighted by Gasteiger charge is -2.07. The normalized spacial score (nSPS) is 11.8. The Kier molecular flexibility index (Phi) is 3.57. The molecule has 2 aromatic rings. The van der Waals surface area contributed by atoms with Gasteiger partial charge in [-0.3, -0.25) is 0 Å². The minimum absolute atomic E-state index is 0.398. The van der Waals surface area contributed by atoms with Crippen molar-refractivity contribution in [2.24, 2.45) is 0 Å². The van der Waals surface area contributed by atoms with Crippen LogP contribution in [0.15, 0.2) is 24.5 Å². The molecule has 0 saturated heterocycles. The van der Waals surface area contributed by atoms with Gasteiger partial charge in [0.25, 0.3) is 0 Å². The van der Waals surface area contributed by atoms with E-state index in [2.05, 4.69) is 15.4 Å². The second-order valence-corrected chi connectivity index (χ2v) is 4.16. The highest BCUT2D eigenvalue weighted by Crippen LogP contribution is 2.28. The summed E-state index contributed by atoms with van der Waals surface area (Å²) in [6.07, 6.45) is -1.56. The molecule has 0 fully saturated rings. The van der Waals surface area contributed by atoms with E-state index in [1.807, 2.05) is 13.1 Å². The third-order valence-electron chi connectivity index (χ3n) is 2.58. The maximum atomic E-state index is 12.5. The summed E-state index contributed by atoms with van der Waals surface area (Å²) in [5.74, 6) is 0.398. The zero-order chi connectivity index (χ0) is 14.0. The molecule has 0 atom stereocenters. The zero-order valence-corrected chi connectivity index (χ0v) is 10.5. The number of rotatable bonds is 3. The number of hydrogen-bond acceptors (Lipinski definition) is 3. The Labute approximate surface area is 108 Å². The maximum absolute atomic E-state index is 12.5. The predicted octanol–water partition coefficient (Wildman–Crippen LogP) is 2.31. The molecule has 0 amide bonds. The number of halogens is 3. The number of pyridine rings is 1. The standard InChI is InChI=1S/C12H13F3N4/c1-8-5-9(6-16-2)7-17-11(8)19-4-3-10(18-19)12(13,14)15/h3-5,7,16H,6H2,1-2H3. The molecular formula is C12H13F3N4. The molecule has 0 aliphatic heterocycles. The van der Waals surface area contributed by atoms with Crippen LogP contribution >= 0.6 is 0 Å². The third kappa shape index (κ3) is 2.93. The van der Waals surface area contributed by atoms with Gasteiger partial charge in [-0.25, -0.2) is 9.67 Å². The van der Waals surface area contributed by atoms with Crippen LogP contribution in [0.25, 0.3) is 5.82 Å². The van der Waals surface area contributed by atoms with E-state index in [1.165, 1.54) is 6.20 Å². The van der Waals surface area contributed by atoms with Gasteiger partial charge in [-0.05, 0) is 37.2 Å². The van der Waals surface area contributed by atoms with Gasteiger partial charge in [0.05, 0.1) is 0 Å². The molecule has 0 spiro atoms. The number of aryl methyl sites for hydroxylation is 1. The molecule has 0 aromatic carbocycles. The Morgan fingerprint density at radius 2 is 2.11 bits per heavy atom. The molecule has 1 N–H and O–H groups in total. The van der Waals surface area contributed by atoms with Gasteiger partial charge in [-0.15, -0.1) is 0 Å². The van der Waals surface area contributed by atoms with Crippen LogP contribution in [0.3, 0.4) is 0 Å². The fraction of sp³-hybridized carbons (Fsp3) is 0.333. The molecule has 0 aliphatic rings. The first-order valence-electron chi connectivity index (χ1n) is 5.65. The lowest BCUT2D eigenvalue weighted by Crippen LogP contribution is -2.10. The molecule has 0 aliphatic carbocycles. The highest BCUT2D eigenvalue weighted by atomic mass is 19.4. The van der Waals surface area contributed by atoms with Crippen molar-refractivity contribution in [1.29, 1.82) is 0 Å². The molecule has 2 heterocycles. The van der Waals surface area contributed by atoms with Crippen LogP contribution in [0.1, 0.15) is 16.8 Å². The van der Waals surface area contributed by atoms with Gasteiger partial charge in [0, 0.05) is 18.9 Å². The quantitative estimate of drug-likeness (QED) is 0.930. The van der Waals surface area contributed by atoms with Crippen molar-refractivity contribution in [2.45, 2.75) is 19.6 Å². The molecule has 0 bridgehead atoms. The van der Waals surface area contributed by atoms with E-state index in [4.69, 9.17) is 0 Å². The van der Waals surface area contributed by atoms with E-state index >= 15 is 0 Å². The molecule has 2 rings (SSSR count). The van der Waals surface area contributed by atoms with Gasteiger partial charge in [-0.2, -0.15) is 18.3 Å². The van der Waals surface area contributed by atoms with Crippen molar-refractivity contribution in [3.05, 3.63) is 41.3 Å². The Bertz CT molecular complexity index is 575. The minimum atomic E-state index is -4.44. The number of alkyl halides is 3. The number of nitrogens with one attached hydrogen (secondary N) is 1. The Morgan fingerprint density at radius 1 is 1.37 bits per heavy atom. The molecular weight excluding hydrogens is 257 g/mol. The van der Waals surface area contributed by atoms with Crippen LogP contribution in [0, 0.1) is 6.92 Å². The first-order valence-corrected chi connectivity index (χ1v) is 5.65. The lowest BCUT2D eigenvalue weighted by molar-refractivity contribution is -0.141. The molecule has 4 nitrogen and oxygen atoms in total. The van der Waals surface area contributed by atoms with Crippen molar-refractivity contribution < 1.29 is 13.2 Å². The molecule has 7 heteroatoms. The molecule has 19 heavy (non-hydrogen) atoms. The molecule has 0 unspecified atom stereocenters. The van der Waals surface area contributed by atoms with Crippen molar-refractivity contribution in [3.8, 4) is 5.82 Å². The summed E-state index contributed by atoms with van der Waals surface area (Å²) in [4.78, 5) is 4.16. The van der Waals surface area contributed by atoms with Crippen LogP contribution in [0.4, 0.5) is 13.2 Å². The Morgan fingerprint density at radius 3 is 2.63 bits per heavy atom. The molecule has 0 saturated carbocycles. The smallest absolute Gasteiger partial charge is 0.316 e. The van der Waals surface area contributed by atoms with Crippen LogP contribution in [-0.4, -0.2) is 21.8 Å². The van der Waals surface area contributed by atoms with Gasteiger partial charge < -0.3 is 5.32 Å². The first kappa shape index (κ1) is 13.5. The van der Waals surface area contributed by atoms with E-state index in [0.29, 0.717) is 12.4 Å². The summed E-state index contributed by atoms with van der Waals surface area (Å²) < 4.78 is 38.6. The largest absolute Gasteiger partial charge is 0.435 e. The van der Waals surface area contributed by atoms with E-state index < -0.39 is 11.9 Å². The van der Waals surface area contributed by atoms with E-state index in [1.54, 1.807) is 13.1 Å². The summed E-state index contributed by atoms with van der Waals surface area (Å²) in [5, 5.41) is 6.49. The monoisotopic (exact) mass is 270 g/mol. The summed E-state index contributed by atoms with van der Waals surface area (Å²) >= 11 is 0. The lowest BCUT2D eigenvalue weighted by atomic mass is 10.2. The zero-order valence-electron chi connectivity index (χ0n) is 10.5. The number of aromatic nitrogens is 3. The van der Waals surface area contributed by atoms with Gasteiger partial charge in [0.2, 0.25) is 0 Å². The van der Waals surface area contributed by atoms with Gasteiger partial charge in [0.1, 0.15) is 0 Å². The average Bonchev–Trinajstić information content (AvgIpc) is 2.78. The second kappa shape index (κ2) is 5.00. The van der Waals surface area contributed by atoms with Crippen LogP contribution in [0.2, 0.25) is 0 Å². The summed E-state index contributed by atoms with van der Waals surface area (Å²) in [5.41, 5.74) is 0.810. The van der Waals surface area contributed by atoms with Crippen molar-refractivity contribution in [3.63, 3.8) is 0 Å². The third-order valence-corrected chi connectivity index (χ3v) is 2.58. The topological polar surface area (TPSA) is 42.7 Å². The second-order valence-electron chi connectivity index (χ2n) is 4.16. The Balaban J connectivity index is 2.34. The summed E-state index contributed by atoms with van der Waals surface area (Å²) in [7, 11) is 1.81. The summed E-state index contributed by atoms with van der Waals surface area (Å²) in [6.45, 7) is 2.44. The fourth-order valence-electron chi connectivity index (χ4n) is 1.76. The number of hydrogen-bond donors (Lipinski definition) is 1. The summed E-state index contributed by atoms with van der Waals surface area (Å²) in [6, 6.07) is 2.80. The molecule has 2 aromatic heterocycles. The fourth-order valence-corrected chi connectivity index (χ4v) is 1.76. The number of nitrogens with zero attached hydrogens (tertiary/aromatic N) is 3. The highest BCUT2D eigenvalue weighted by Gasteiger charge is 2.33. The average molecular weight is 270 g/mol. The molecule has 0 radical (unpaired) electrons. The van der Waals surface area contributed by atoms with E-state index in [0.717, 1.165) is 21.9 Å². The van der Waals surface area contributed by atoms with Crippen molar-refractivity contribution in [1.82, 2.24) is 20.1 Å². The first-order chi connectivity index (χ1) is 8.91. The SMILES string of the molecule is CNCc1cnc(-n2ccc(C(F)(F)F)n2)c(C)c1. The van der Waals surface area contributed by atoms with Crippen LogP contribution < -0.4 is 5.32 Å². The van der Waals surface area contributed by atoms with Gasteiger partial charge in [0.15, 0.2) is 11.5 Å². The van der Waals surface area contributed by atoms with Gasteiger partial charge >= 0.3 is 6.18 Å². The minimum Gasteiger partial charge on any atom is -0.316 e. The van der Waals surface area contributed by atoms with Crippen LogP contribution in [-0.2, 0) is 12.7 Å². The van der Waals surface area contributed by atoms with Crippen LogP contribution in [0.5, 0.6) is 0 Å². The van der Waals surface area contributed by atoms with E-state index in [9.17, 15) is 13.2 Å². The highest BCUT2D eigenvalue weighted by molar-refractivity contribution is 5.35. The predicted molar refractivity (Wildman–Crippen MR) is 63.9 cm³/mol. The van der Waals surface area contributed by atoms with Gasteiger partial charge in [-0.1, -0.05) is 0 Å². The Hall–Kier alpha value is -1.89. The van der Waals surface area contributed by atoms with E-state index in [-0.39, 0.29) is 0 Å².